The van der Waals surface area contributed by atoms with Crippen LogP contribution in [-0.2, 0) is 12.8 Å². The first-order valence-electron chi connectivity index (χ1n) is 7.15. The normalized spacial score (nSPS) is 21.9. The standard InChI is InChI=1S/C15H23NS/c1-16-13(9-11-5-4-6-11)15-10-12-7-2-3-8-14(12)17-15/h10-11,13,16H,2-9H2,1H3. The third kappa shape index (κ3) is 2.43. The summed E-state index contributed by atoms with van der Waals surface area (Å²) in [5, 5.41) is 3.54. The number of nitrogens with one attached hydrogen (secondary N) is 1. The Kier molecular flexibility index (Phi) is 3.53. The summed E-state index contributed by atoms with van der Waals surface area (Å²) in [6.07, 6.45) is 11.2. The second-order valence-corrected chi connectivity index (χ2v) is 6.85. The lowest BCUT2D eigenvalue weighted by atomic mass is 9.80. The molecule has 1 N–H and O–H groups in total. The molecule has 2 aliphatic carbocycles. The van der Waals surface area contributed by atoms with E-state index in [2.05, 4.69) is 29.8 Å². The molecule has 1 aromatic rings. The van der Waals surface area contributed by atoms with Crippen molar-refractivity contribution in [2.24, 2.45) is 5.92 Å². The van der Waals surface area contributed by atoms with Crippen LogP contribution in [0.5, 0.6) is 0 Å². The number of thiophene rings is 1. The lowest BCUT2D eigenvalue weighted by molar-refractivity contribution is 0.267. The predicted molar refractivity (Wildman–Crippen MR) is 74.7 cm³/mol. The zero-order chi connectivity index (χ0) is 11.7. The summed E-state index contributed by atoms with van der Waals surface area (Å²) in [6, 6.07) is 3.12. The van der Waals surface area contributed by atoms with Gasteiger partial charge in [-0.25, -0.2) is 0 Å². The Morgan fingerprint density at radius 1 is 1.29 bits per heavy atom. The van der Waals surface area contributed by atoms with Crippen molar-refractivity contribution < 1.29 is 0 Å². The van der Waals surface area contributed by atoms with E-state index < -0.39 is 0 Å². The molecule has 17 heavy (non-hydrogen) atoms. The number of fused-ring (bicyclic) bond motifs is 1. The maximum Gasteiger partial charge on any atom is 0.0415 e. The predicted octanol–water partition coefficient (Wildman–Crippen LogP) is 4.08. The second-order valence-electron chi connectivity index (χ2n) is 5.68. The van der Waals surface area contributed by atoms with Crippen LogP contribution in [0.25, 0.3) is 0 Å². The fraction of sp³-hybridized carbons (Fsp3) is 0.733. The summed E-state index contributed by atoms with van der Waals surface area (Å²) in [7, 11) is 2.13. The summed E-state index contributed by atoms with van der Waals surface area (Å²) < 4.78 is 0. The molecule has 0 saturated heterocycles. The maximum absolute atomic E-state index is 3.54. The van der Waals surface area contributed by atoms with Crippen LogP contribution in [0.15, 0.2) is 6.07 Å². The van der Waals surface area contributed by atoms with Crippen LogP contribution in [0.1, 0.15) is 59.9 Å². The van der Waals surface area contributed by atoms with Gasteiger partial charge in [-0.2, -0.15) is 0 Å². The minimum Gasteiger partial charge on any atom is -0.312 e. The Bertz CT molecular complexity index is 355. The van der Waals surface area contributed by atoms with Gasteiger partial charge in [0.1, 0.15) is 0 Å². The molecule has 1 heterocycles. The van der Waals surface area contributed by atoms with E-state index in [1.807, 2.05) is 0 Å². The molecule has 94 valence electrons. The molecule has 0 radical (unpaired) electrons. The van der Waals surface area contributed by atoms with Crippen LogP contribution >= 0.6 is 11.3 Å². The summed E-state index contributed by atoms with van der Waals surface area (Å²) in [6.45, 7) is 0. The molecular formula is C15H23NS. The van der Waals surface area contributed by atoms with Gasteiger partial charge in [0.15, 0.2) is 0 Å². The molecule has 0 aliphatic heterocycles. The number of aryl methyl sites for hydroxylation is 2. The highest BCUT2D eigenvalue weighted by molar-refractivity contribution is 7.12. The first-order chi connectivity index (χ1) is 8.36. The highest BCUT2D eigenvalue weighted by Gasteiger charge is 2.24. The highest BCUT2D eigenvalue weighted by Crippen LogP contribution is 2.38. The molecule has 1 nitrogen and oxygen atoms in total. The largest absolute Gasteiger partial charge is 0.312 e. The molecule has 1 saturated carbocycles. The van der Waals surface area contributed by atoms with Gasteiger partial charge >= 0.3 is 0 Å². The Morgan fingerprint density at radius 3 is 2.76 bits per heavy atom. The van der Waals surface area contributed by atoms with Crippen LogP contribution in [0.2, 0.25) is 0 Å². The van der Waals surface area contributed by atoms with Gasteiger partial charge in [0.2, 0.25) is 0 Å². The second kappa shape index (κ2) is 5.11. The lowest BCUT2D eigenvalue weighted by Crippen LogP contribution is -2.22. The molecule has 3 rings (SSSR count). The van der Waals surface area contributed by atoms with Crippen LogP contribution < -0.4 is 5.32 Å². The van der Waals surface area contributed by atoms with Gasteiger partial charge < -0.3 is 5.32 Å². The third-order valence-electron chi connectivity index (χ3n) is 4.50. The molecule has 0 spiro atoms. The van der Waals surface area contributed by atoms with Gasteiger partial charge in [-0.15, -0.1) is 11.3 Å². The van der Waals surface area contributed by atoms with Crippen molar-refractivity contribution >= 4 is 11.3 Å². The van der Waals surface area contributed by atoms with Crippen molar-refractivity contribution in [3.63, 3.8) is 0 Å². The van der Waals surface area contributed by atoms with E-state index in [0.29, 0.717) is 6.04 Å². The Labute approximate surface area is 109 Å². The number of rotatable bonds is 4. The molecule has 0 aromatic carbocycles. The van der Waals surface area contributed by atoms with Gasteiger partial charge in [-0.3, -0.25) is 0 Å². The van der Waals surface area contributed by atoms with Crippen molar-refractivity contribution in [2.75, 3.05) is 7.05 Å². The van der Waals surface area contributed by atoms with E-state index >= 15 is 0 Å². The molecular weight excluding hydrogens is 226 g/mol. The average molecular weight is 249 g/mol. The van der Waals surface area contributed by atoms with Crippen LogP contribution in [0, 0.1) is 5.92 Å². The van der Waals surface area contributed by atoms with Crippen LogP contribution in [-0.4, -0.2) is 7.05 Å². The molecule has 1 unspecified atom stereocenters. The summed E-state index contributed by atoms with van der Waals surface area (Å²) in [5.41, 5.74) is 1.66. The summed E-state index contributed by atoms with van der Waals surface area (Å²) in [4.78, 5) is 3.28. The van der Waals surface area contributed by atoms with Crippen molar-refractivity contribution in [3.8, 4) is 0 Å². The molecule has 1 fully saturated rings. The molecule has 0 amide bonds. The summed E-state index contributed by atoms with van der Waals surface area (Å²) in [5.74, 6) is 0.992. The molecule has 2 aliphatic rings. The van der Waals surface area contributed by atoms with Crippen LogP contribution in [0.3, 0.4) is 0 Å². The number of hydrogen-bond donors (Lipinski definition) is 1. The smallest absolute Gasteiger partial charge is 0.0415 e. The van der Waals surface area contributed by atoms with Crippen molar-refractivity contribution in [2.45, 2.75) is 57.4 Å². The van der Waals surface area contributed by atoms with E-state index in [1.54, 1.807) is 15.3 Å². The zero-order valence-electron chi connectivity index (χ0n) is 10.8. The summed E-state index contributed by atoms with van der Waals surface area (Å²) >= 11 is 2.08. The minimum absolute atomic E-state index is 0.621. The first kappa shape index (κ1) is 11.7. The van der Waals surface area contributed by atoms with E-state index in [4.69, 9.17) is 0 Å². The SMILES string of the molecule is CNC(CC1CCC1)c1cc2c(s1)CCCC2. The molecule has 1 atom stereocenters. The lowest BCUT2D eigenvalue weighted by Gasteiger charge is -2.29. The topological polar surface area (TPSA) is 12.0 Å². The Morgan fingerprint density at radius 2 is 2.12 bits per heavy atom. The fourth-order valence-electron chi connectivity index (χ4n) is 3.12. The van der Waals surface area contributed by atoms with Crippen LogP contribution in [0.4, 0.5) is 0 Å². The average Bonchev–Trinajstić information content (AvgIpc) is 2.71. The van der Waals surface area contributed by atoms with Gasteiger partial charge in [-0.05, 0) is 56.7 Å². The molecule has 1 aromatic heterocycles. The van der Waals surface area contributed by atoms with Crippen molar-refractivity contribution in [1.29, 1.82) is 0 Å². The fourth-order valence-corrected chi connectivity index (χ4v) is 4.50. The van der Waals surface area contributed by atoms with E-state index in [1.165, 1.54) is 51.4 Å². The minimum atomic E-state index is 0.621. The maximum atomic E-state index is 3.54. The van der Waals surface area contributed by atoms with E-state index in [0.717, 1.165) is 5.92 Å². The monoisotopic (exact) mass is 249 g/mol. The van der Waals surface area contributed by atoms with Gasteiger partial charge in [-0.1, -0.05) is 19.3 Å². The quantitative estimate of drug-likeness (QED) is 0.848. The van der Waals surface area contributed by atoms with Gasteiger partial charge in [0.25, 0.3) is 0 Å². The van der Waals surface area contributed by atoms with E-state index in [9.17, 15) is 0 Å². The first-order valence-corrected chi connectivity index (χ1v) is 7.97. The Hall–Kier alpha value is -0.340. The zero-order valence-corrected chi connectivity index (χ0v) is 11.6. The third-order valence-corrected chi connectivity index (χ3v) is 5.85. The van der Waals surface area contributed by atoms with E-state index in [-0.39, 0.29) is 0 Å². The molecule has 0 bridgehead atoms. The van der Waals surface area contributed by atoms with Gasteiger partial charge in [0.05, 0.1) is 0 Å². The van der Waals surface area contributed by atoms with Crippen molar-refractivity contribution in [1.82, 2.24) is 5.32 Å². The highest BCUT2D eigenvalue weighted by atomic mass is 32.1. The molecule has 2 heteroatoms. The Balaban J connectivity index is 1.73. The van der Waals surface area contributed by atoms with Gasteiger partial charge in [0, 0.05) is 15.8 Å². The van der Waals surface area contributed by atoms with Crippen molar-refractivity contribution in [3.05, 3.63) is 21.4 Å². The number of hydrogen-bond acceptors (Lipinski definition) is 2.